The van der Waals surface area contributed by atoms with E-state index in [0.717, 1.165) is 11.3 Å². The molecule has 0 atom stereocenters. The molecule has 0 aliphatic carbocycles. The third-order valence-electron chi connectivity index (χ3n) is 1.68. The van der Waals surface area contributed by atoms with E-state index in [2.05, 4.69) is 5.32 Å². The molecule has 3 N–H and O–H groups in total. The second-order valence-corrected chi connectivity index (χ2v) is 2.94. The molecule has 3 heteroatoms. The predicted molar refractivity (Wildman–Crippen MR) is 58.8 cm³/mol. The number of carbonyl (C=O) groups is 1. The molecule has 1 rings (SSSR count). The SMILES string of the molecule is CC(=O)Nc1ccc(/C=C/CN)cc1. The molecule has 0 fully saturated rings. The van der Waals surface area contributed by atoms with E-state index >= 15 is 0 Å². The summed E-state index contributed by atoms with van der Waals surface area (Å²) in [5.41, 5.74) is 7.21. The van der Waals surface area contributed by atoms with E-state index in [1.807, 2.05) is 36.4 Å². The minimum atomic E-state index is -0.0600. The van der Waals surface area contributed by atoms with E-state index in [0.29, 0.717) is 6.54 Å². The van der Waals surface area contributed by atoms with Crippen molar-refractivity contribution in [2.45, 2.75) is 6.92 Å². The van der Waals surface area contributed by atoms with Gasteiger partial charge in [-0.15, -0.1) is 0 Å². The lowest BCUT2D eigenvalue weighted by Gasteiger charge is -2.01. The molecule has 1 aromatic rings. The zero-order chi connectivity index (χ0) is 10.4. The number of hydrogen-bond acceptors (Lipinski definition) is 2. The van der Waals surface area contributed by atoms with Gasteiger partial charge >= 0.3 is 0 Å². The number of hydrogen-bond donors (Lipinski definition) is 2. The van der Waals surface area contributed by atoms with Crippen LogP contribution in [0.2, 0.25) is 0 Å². The third-order valence-corrected chi connectivity index (χ3v) is 1.68. The fraction of sp³-hybridized carbons (Fsp3) is 0.182. The number of amides is 1. The van der Waals surface area contributed by atoms with Crippen LogP contribution in [-0.4, -0.2) is 12.5 Å². The van der Waals surface area contributed by atoms with Crippen LogP contribution in [0.15, 0.2) is 30.3 Å². The lowest BCUT2D eigenvalue weighted by Crippen LogP contribution is -2.05. The van der Waals surface area contributed by atoms with Gasteiger partial charge in [-0.05, 0) is 17.7 Å². The molecule has 74 valence electrons. The molecular formula is C11H14N2O. The van der Waals surface area contributed by atoms with E-state index in [1.54, 1.807) is 0 Å². The normalized spacial score (nSPS) is 10.4. The van der Waals surface area contributed by atoms with Crippen LogP contribution in [0.25, 0.3) is 6.08 Å². The zero-order valence-corrected chi connectivity index (χ0v) is 8.16. The second kappa shape index (κ2) is 5.19. The number of benzene rings is 1. The number of nitrogens with two attached hydrogens (primary N) is 1. The monoisotopic (exact) mass is 190 g/mol. The summed E-state index contributed by atoms with van der Waals surface area (Å²) in [6, 6.07) is 7.57. The van der Waals surface area contributed by atoms with Crippen molar-refractivity contribution in [2.75, 3.05) is 11.9 Å². The molecule has 0 heterocycles. The molecule has 0 radical (unpaired) electrons. The summed E-state index contributed by atoms with van der Waals surface area (Å²) in [5.74, 6) is -0.0600. The van der Waals surface area contributed by atoms with Crippen molar-refractivity contribution in [3.8, 4) is 0 Å². The van der Waals surface area contributed by atoms with Gasteiger partial charge in [0.15, 0.2) is 0 Å². The molecule has 1 aromatic carbocycles. The predicted octanol–water partition coefficient (Wildman–Crippen LogP) is 1.62. The summed E-state index contributed by atoms with van der Waals surface area (Å²) in [6.07, 6.45) is 3.82. The van der Waals surface area contributed by atoms with Gasteiger partial charge in [0, 0.05) is 19.2 Å². The third kappa shape index (κ3) is 3.41. The van der Waals surface area contributed by atoms with Gasteiger partial charge in [-0.3, -0.25) is 4.79 Å². The highest BCUT2D eigenvalue weighted by Crippen LogP contribution is 2.10. The molecule has 3 nitrogen and oxygen atoms in total. The minimum Gasteiger partial charge on any atom is -0.327 e. The van der Waals surface area contributed by atoms with Crippen molar-refractivity contribution in [3.63, 3.8) is 0 Å². The zero-order valence-electron chi connectivity index (χ0n) is 8.16. The maximum absolute atomic E-state index is 10.7. The maximum Gasteiger partial charge on any atom is 0.221 e. The van der Waals surface area contributed by atoms with Crippen molar-refractivity contribution in [2.24, 2.45) is 5.73 Å². The summed E-state index contributed by atoms with van der Waals surface area (Å²) < 4.78 is 0. The molecular weight excluding hydrogens is 176 g/mol. The van der Waals surface area contributed by atoms with Crippen molar-refractivity contribution in [1.29, 1.82) is 0 Å². The fourth-order valence-electron chi connectivity index (χ4n) is 1.08. The Labute approximate surface area is 83.6 Å². The standard InChI is InChI=1S/C11H14N2O/c1-9(14)13-11-6-4-10(5-7-11)3-2-8-12/h2-7H,8,12H2,1H3,(H,13,14)/b3-2+. The summed E-state index contributed by atoms with van der Waals surface area (Å²) in [6.45, 7) is 2.02. The first-order valence-corrected chi connectivity index (χ1v) is 4.46. The van der Waals surface area contributed by atoms with Crippen molar-refractivity contribution >= 4 is 17.7 Å². The summed E-state index contributed by atoms with van der Waals surface area (Å²) in [5, 5.41) is 2.70. The maximum atomic E-state index is 10.7. The van der Waals surface area contributed by atoms with Crippen LogP contribution < -0.4 is 11.1 Å². The van der Waals surface area contributed by atoms with Gasteiger partial charge in [0.1, 0.15) is 0 Å². The lowest BCUT2D eigenvalue weighted by molar-refractivity contribution is -0.114. The highest BCUT2D eigenvalue weighted by atomic mass is 16.1. The Hall–Kier alpha value is -1.61. The van der Waals surface area contributed by atoms with E-state index in [4.69, 9.17) is 5.73 Å². The Bertz CT molecular complexity index is 328. The van der Waals surface area contributed by atoms with Crippen LogP contribution >= 0.6 is 0 Å². The summed E-state index contributed by atoms with van der Waals surface area (Å²) >= 11 is 0. The summed E-state index contributed by atoms with van der Waals surface area (Å²) in [7, 11) is 0. The number of anilines is 1. The van der Waals surface area contributed by atoms with Crippen LogP contribution in [0, 0.1) is 0 Å². The molecule has 0 bridgehead atoms. The highest BCUT2D eigenvalue weighted by molar-refractivity contribution is 5.88. The van der Waals surface area contributed by atoms with Gasteiger partial charge < -0.3 is 11.1 Å². The van der Waals surface area contributed by atoms with Crippen LogP contribution in [-0.2, 0) is 4.79 Å². The Kier molecular flexibility index (Phi) is 3.88. The molecule has 0 spiro atoms. The number of rotatable bonds is 3. The van der Waals surface area contributed by atoms with E-state index in [-0.39, 0.29) is 5.91 Å². The van der Waals surface area contributed by atoms with E-state index in [1.165, 1.54) is 6.92 Å². The fourth-order valence-corrected chi connectivity index (χ4v) is 1.08. The van der Waals surface area contributed by atoms with Crippen molar-refractivity contribution < 1.29 is 4.79 Å². The van der Waals surface area contributed by atoms with Gasteiger partial charge in [-0.25, -0.2) is 0 Å². The molecule has 0 aromatic heterocycles. The molecule has 14 heavy (non-hydrogen) atoms. The molecule has 0 unspecified atom stereocenters. The largest absolute Gasteiger partial charge is 0.327 e. The molecule has 1 amide bonds. The minimum absolute atomic E-state index is 0.0600. The molecule has 0 aliphatic rings. The quantitative estimate of drug-likeness (QED) is 0.761. The first-order chi connectivity index (χ1) is 6.72. The Morgan fingerprint density at radius 3 is 2.57 bits per heavy atom. The van der Waals surface area contributed by atoms with Gasteiger partial charge in [-0.2, -0.15) is 0 Å². The van der Waals surface area contributed by atoms with Gasteiger partial charge in [-0.1, -0.05) is 24.3 Å². The number of nitrogens with one attached hydrogen (secondary N) is 1. The Morgan fingerprint density at radius 2 is 2.07 bits per heavy atom. The molecule has 0 aliphatic heterocycles. The number of carbonyl (C=O) groups excluding carboxylic acids is 1. The average Bonchev–Trinajstić information content (AvgIpc) is 2.16. The van der Waals surface area contributed by atoms with E-state index < -0.39 is 0 Å². The second-order valence-electron chi connectivity index (χ2n) is 2.94. The first kappa shape index (κ1) is 10.5. The van der Waals surface area contributed by atoms with E-state index in [9.17, 15) is 4.79 Å². The topological polar surface area (TPSA) is 55.1 Å². The first-order valence-electron chi connectivity index (χ1n) is 4.46. The Morgan fingerprint density at radius 1 is 1.43 bits per heavy atom. The summed E-state index contributed by atoms with van der Waals surface area (Å²) in [4.78, 5) is 10.7. The van der Waals surface area contributed by atoms with Crippen LogP contribution in [0.4, 0.5) is 5.69 Å². The van der Waals surface area contributed by atoms with Crippen LogP contribution in [0.3, 0.4) is 0 Å². The van der Waals surface area contributed by atoms with Crippen molar-refractivity contribution in [1.82, 2.24) is 0 Å². The van der Waals surface area contributed by atoms with Gasteiger partial charge in [0.2, 0.25) is 5.91 Å². The van der Waals surface area contributed by atoms with Crippen molar-refractivity contribution in [3.05, 3.63) is 35.9 Å². The molecule has 0 saturated heterocycles. The smallest absolute Gasteiger partial charge is 0.221 e. The van der Waals surface area contributed by atoms with Crippen LogP contribution in [0.5, 0.6) is 0 Å². The molecule has 0 saturated carbocycles. The lowest BCUT2D eigenvalue weighted by atomic mass is 10.2. The van der Waals surface area contributed by atoms with Gasteiger partial charge in [0.05, 0.1) is 0 Å². The van der Waals surface area contributed by atoms with Crippen LogP contribution in [0.1, 0.15) is 12.5 Å². The van der Waals surface area contributed by atoms with Gasteiger partial charge in [0.25, 0.3) is 0 Å². The average molecular weight is 190 g/mol. The Balaban J connectivity index is 2.68. The highest BCUT2D eigenvalue weighted by Gasteiger charge is 1.93.